The van der Waals surface area contributed by atoms with Gasteiger partial charge in [0.1, 0.15) is 0 Å². The van der Waals surface area contributed by atoms with E-state index in [9.17, 15) is 4.79 Å². The van der Waals surface area contributed by atoms with E-state index in [1.165, 1.54) is 11.5 Å². The molecule has 1 fully saturated rings. The third kappa shape index (κ3) is 1.90. The van der Waals surface area contributed by atoms with Crippen molar-refractivity contribution >= 4 is 17.4 Å². The lowest BCUT2D eigenvalue weighted by Gasteiger charge is -2.21. The minimum Gasteiger partial charge on any atom is -0.359 e. The number of hydrogen-bond donors (Lipinski definition) is 0. The van der Waals surface area contributed by atoms with Crippen molar-refractivity contribution in [1.29, 1.82) is 0 Å². The van der Waals surface area contributed by atoms with Crippen LogP contribution in [0.5, 0.6) is 0 Å². The Morgan fingerprint density at radius 3 is 3.17 bits per heavy atom. The van der Waals surface area contributed by atoms with Crippen LogP contribution >= 0.6 is 11.5 Å². The summed E-state index contributed by atoms with van der Waals surface area (Å²) >= 11 is 1.18. The highest BCUT2D eigenvalue weighted by Crippen LogP contribution is 2.33. The largest absolute Gasteiger partial charge is 0.359 e. The zero-order valence-electron chi connectivity index (χ0n) is 9.87. The third-order valence-corrected chi connectivity index (χ3v) is 3.57. The van der Waals surface area contributed by atoms with Crippen molar-refractivity contribution in [2.45, 2.75) is 25.8 Å². The average Bonchev–Trinajstić information content (AvgIpc) is 3.09. The van der Waals surface area contributed by atoms with Crippen molar-refractivity contribution in [3.05, 3.63) is 28.6 Å². The zero-order valence-corrected chi connectivity index (χ0v) is 10.7. The van der Waals surface area contributed by atoms with E-state index in [0.29, 0.717) is 5.69 Å². The molecule has 0 bridgehead atoms. The van der Waals surface area contributed by atoms with Gasteiger partial charge in [-0.2, -0.15) is 0 Å². The summed E-state index contributed by atoms with van der Waals surface area (Å²) in [6.07, 6.45) is 1.87. The van der Waals surface area contributed by atoms with Crippen LogP contribution in [0.3, 0.4) is 0 Å². The van der Waals surface area contributed by atoms with Crippen LogP contribution in [-0.4, -0.2) is 32.1 Å². The van der Waals surface area contributed by atoms with Gasteiger partial charge < -0.3 is 9.42 Å². The van der Waals surface area contributed by atoms with E-state index in [4.69, 9.17) is 4.52 Å². The van der Waals surface area contributed by atoms with Gasteiger partial charge in [-0.05, 0) is 31.3 Å². The molecule has 0 N–H and O–H groups in total. The lowest BCUT2D eigenvalue weighted by Crippen LogP contribution is -2.30. The van der Waals surface area contributed by atoms with Crippen LogP contribution < -0.4 is 0 Å². The van der Waals surface area contributed by atoms with Crippen molar-refractivity contribution in [1.82, 2.24) is 19.6 Å². The predicted molar refractivity (Wildman–Crippen MR) is 64.2 cm³/mol. The number of nitrogens with zero attached hydrogens (tertiary/aromatic N) is 4. The van der Waals surface area contributed by atoms with E-state index >= 15 is 0 Å². The maximum atomic E-state index is 12.3. The topological polar surface area (TPSA) is 72.1 Å². The standard InChI is InChI=1S/C11H12N4O2S/c1-7-5-10(17-13-7)9-3-2-4-15(9)11(16)8-6-18-14-12-8/h5-6,9H,2-4H2,1H3. The molecule has 3 rings (SSSR count). The highest BCUT2D eigenvalue weighted by molar-refractivity contribution is 7.03. The van der Waals surface area contributed by atoms with Gasteiger partial charge in [-0.3, -0.25) is 4.79 Å². The summed E-state index contributed by atoms with van der Waals surface area (Å²) in [6, 6.07) is 1.86. The maximum absolute atomic E-state index is 12.3. The Hall–Kier alpha value is -1.76. The van der Waals surface area contributed by atoms with E-state index in [0.717, 1.165) is 30.8 Å². The van der Waals surface area contributed by atoms with Gasteiger partial charge in [0.25, 0.3) is 5.91 Å². The molecule has 2 aromatic rings. The van der Waals surface area contributed by atoms with Crippen molar-refractivity contribution in [3.8, 4) is 0 Å². The van der Waals surface area contributed by atoms with Gasteiger partial charge in [-0.15, -0.1) is 5.10 Å². The van der Waals surface area contributed by atoms with Gasteiger partial charge in [-0.1, -0.05) is 9.64 Å². The van der Waals surface area contributed by atoms with Gasteiger partial charge in [-0.25, -0.2) is 0 Å². The fourth-order valence-corrected chi connectivity index (χ4v) is 2.68. The summed E-state index contributed by atoms with van der Waals surface area (Å²) in [5.74, 6) is 0.668. The summed E-state index contributed by atoms with van der Waals surface area (Å²) in [5, 5.41) is 9.37. The van der Waals surface area contributed by atoms with E-state index in [-0.39, 0.29) is 11.9 Å². The molecule has 6 nitrogen and oxygen atoms in total. The minimum atomic E-state index is -0.0831. The Labute approximate surface area is 108 Å². The third-order valence-electron chi connectivity index (χ3n) is 3.07. The zero-order chi connectivity index (χ0) is 12.5. The van der Waals surface area contributed by atoms with Crippen LogP contribution in [0.15, 0.2) is 16.0 Å². The van der Waals surface area contributed by atoms with Crippen LogP contribution in [0.25, 0.3) is 0 Å². The van der Waals surface area contributed by atoms with E-state index < -0.39 is 0 Å². The lowest BCUT2D eigenvalue weighted by molar-refractivity contribution is 0.0708. The molecule has 1 amide bonds. The quantitative estimate of drug-likeness (QED) is 0.827. The number of hydrogen-bond acceptors (Lipinski definition) is 6. The molecule has 1 aliphatic heterocycles. The molecule has 7 heteroatoms. The second-order valence-corrected chi connectivity index (χ2v) is 4.93. The number of carbonyl (C=O) groups excluding carboxylic acids is 1. The normalized spacial score (nSPS) is 19.4. The highest BCUT2D eigenvalue weighted by Gasteiger charge is 2.34. The van der Waals surface area contributed by atoms with Crippen LogP contribution in [0, 0.1) is 6.92 Å². The number of aryl methyl sites for hydroxylation is 1. The summed E-state index contributed by atoms with van der Waals surface area (Å²) < 4.78 is 8.99. The van der Waals surface area contributed by atoms with Crippen molar-refractivity contribution in [2.75, 3.05) is 6.54 Å². The molecule has 1 aliphatic rings. The Balaban J connectivity index is 1.85. The first kappa shape index (κ1) is 11.3. The van der Waals surface area contributed by atoms with Gasteiger partial charge in [0.05, 0.1) is 11.7 Å². The summed E-state index contributed by atoms with van der Waals surface area (Å²) in [5.41, 5.74) is 1.24. The van der Waals surface area contributed by atoms with Crippen molar-refractivity contribution in [3.63, 3.8) is 0 Å². The van der Waals surface area contributed by atoms with Gasteiger partial charge in [0.15, 0.2) is 11.5 Å². The van der Waals surface area contributed by atoms with Crippen molar-refractivity contribution < 1.29 is 9.32 Å². The summed E-state index contributed by atoms with van der Waals surface area (Å²) in [7, 11) is 0. The molecule has 2 aromatic heterocycles. The number of amides is 1. The van der Waals surface area contributed by atoms with E-state index in [1.54, 1.807) is 10.3 Å². The molecule has 1 saturated heterocycles. The maximum Gasteiger partial charge on any atom is 0.275 e. The molecule has 1 atom stereocenters. The fraction of sp³-hybridized carbons (Fsp3) is 0.455. The van der Waals surface area contributed by atoms with Gasteiger partial charge in [0.2, 0.25) is 0 Å². The van der Waals surface area contributed by atoms with E-state index in [2.05, 4.69) is 14.7 Å². The summed E-state index contributed by atoms with van der Waals surface area (Å²) in [6.45, 7) is 2.60. The Kier molecular flexibility index (Phi) is 2.83. The molecule has 1 unspecified atom stereocenters. The minimum absolute atomic E-state index is 0.0274. The first-order valence-corrected chi connectivity index (χ1v) is 6.60. The molecule has 3 heterocycles. The molecule has 0 aliphatic carbocycles. The number of rotatable bonds is 2. The van der Waals surface area contributed by atoms with Gasteiger partial charge >= 0.3 is 0 Å². The predicted octanol–water partition coefficient (Wildman–Crippen LogP) is 1.81. The van der Waals surface area contributed by atoms with Crippen LogP contribution in [-0.2, 0) is 0 Å². The second kappa shape index (κ2) is 4.49. The molecule has 94 valence electrons. The van der Waals surface area contributed by atoms with Crippen LogP contribution in [0.2, 0.25) is 0 Å². The second-order valence-electron chi connectivity index (χ2n) is 4.32. The molecular formula is C11H12N4O2S. The van der Waals surface area contributed by atoms with E-state index in [1.807, 2.05) is 13.0 Å². The molecule has 0 spiro atoms. The Morgan fingerprint density at radius 1 is 1.61 bits per heavy atom. The monoisotopic (exact) mass is 264 g/mol. The molecule has 0 radical (unpaired) electrons. The average molecular weight is 264 g/mol. The highest BCUT2D eigenvalue weighted by atomic mass is 32.1. The first-order chi connectivity index (χ1) is 8.75. The first-order valence-electron chi connectivity index (χ1n) is 5.77. The lowest BCUT2D eigenvalue weighted by atomic mass is 10.1. The molecule has 18 heavy (non-hydrogen) atoms. The smallest absolute Gasteiger partial charge is 0.275 e. The molecular weight excluding hydrogens is 252 g/mol. The fourth-order valence-electron chi connectivity index (χ4n) is 2.25. The van der Waals surface area contributed by atoms with Crippen LogP contribution in [0.4, 0.5) is 0 Å². The Morgan fingerprint density at radius 2 is 2.50 bits per heavy atom. The van der Waals surface area contributed by atoms with Crippen LogP contribution in [0.1, 0.15) is 40.8 Å². The Bertz CT molecular complexity index is 551. The molecule has 0 aromatic carbocycles. The van der Waals surface area contributed by atoms with Crippen molar-refractivity contribution in [2.24, 2.45) is 0 Å². The molecule has 0 saturated carbocycles. The number of aromatic nitrogens is 3. The number of likely N-dealkylation sites (tertiary alicyclic amines) is 1. The SMILES string of the molecule is Cc1cc(C2CCCN2C(=O)c2csnn2)on1. The number of carbonyl (C=O) groups is 1. The van der Waals surface area contributed by atoms with Gasteiger partial charge in [0, 0.05) is 18.0 Å². The summed E-state index contributed by atoms with van der Waals surface area (Å²) in [4.78, 5) is 14.1.